The van der Waals surface area contributed by atoms with Crippen LogP contribution in [0.2, 0.25) is 0 Å². The summed E-state index contributed by atoms with van der Waals surface area (Å²) in [6.07, 6.45) is 2.09. The number of urea groups is 1. The van der Waals surface area contributed by atoms with Gasteiger partial charge in [0.2, 0.25) is 0 Å². The van der Waals surface area contributed by atoms with Crippen LogP contribution in [-0.4, -0.2) is 38.5 Å². The van der Waals surface area contributed by atoms with Crippen molar-refractivity contribution >= 4 is 6.03 Å². The molecule has 2 aliphatic rings. The number of benzene rings is 1. The molecule has 0 radical (unpaired) electrons. The summed E-state index contributed by atoms with van der Waals surface area (Å²) >= 11 is 0. The van der Waals surface area contributed by atoms with Crippen LogP contribution < -0.4 is 20.1 Å². The zero-order chi connectivity index (χ0) is 16.9. The number of fused-ring (bicyclic) bond motifs is 1. The average molecular weight is 334 g/mol. The number of hydrogen-bond donors (Lipinski definition) is 2. The lowest BCUT2D eigenvalue weighted by Crippen LogP contribution is -2.38. The minimum absolute atomic E-state index is 0.167. The van der Waals surface area contributed by atoms with Crippen molar-refractivity contribution in [3.63, 3.8) is 0 Å². The molecule has 132 valence electrons. The van der Waals surface area contributed by atoms with E-state index in [1.807, 2.05) is 19.1 Å². The smallest absolute Gasteiger partial charge is 0.315 e. The van der Waals surface area contributed by atoms with Gasteiger partial charge in [0.1, 0.15) is 17.6 Å². The molecular weight excluding hydrogens is 308 g/mol. The Morgan fingerprint density at radius 3 is 3.00 bits per heavy atom. The van der Waals surface area contributed by atoms with Gasteiger partial charge in [0.05, 0.1) is 13.2 Å². The van der Waals surface area contributed by atoms with Gasteiger partial charge in [-0.05, 0) is 32.4 Å². The van der Waals surface area contributed by atoms with Crippen LogP contribution in [0, 0.1) is 5.92 Å². The number of rotatable bonds is 6. The second-order valence-corrected chi connectivity index (χ2v) is 6.43. The van der Waals surface area contributed by atoms with Crippen LogP contribution in [0.3, 0.4) is 0 Å². The van der Waals surface area contributed by atoms with Gasteiger partial charge in [0, 0.05) is 43.2 Å². The molecule has 2 aliphatic heterocycles. The minimum atomic E-state index is -0.167. The highest BCUT2D eigenvalue weighted by Gasteiger charge is 2.22. The van der Waals surface area contributed by atoms with Crippen LogP contribution in [0.25, 0.3) is 0 Å². The molecule has 1 aromatic rings. The highest BCUT2D eigenvalue weighted by molar-refractivity contribution is 5.74. The summed E-state index contributed by atoms with van der Waals surface area (Å²) in [4.78, 5) is 12.0. The third-order valence-electron chi connectivity index (χ3n) is 4.39. The summed E-state index contributed by atoms with van der Waals surface area (Å²) in [6, 6.07) is 3.85. The molecule has 0 spiro atoms. The van der Waals surface area contributed by atoms with Crippen molar-refractivity contribution in [2.75, 3.05) is 26.4 Å². The van der Waals surface area contributed by atoms with Crippen LogP contribution in [0.4, 0.5) is 4.79 Å². The van der Waals surface area contributed by atoms with Crippen molar-refractivity contribution in [1.29, 1.82) is 0 Å². The number of ether oxygens (including phenoxy) is 3. The Labute approximate surface area is 142 Å². The third-order valence-corrected chi connectivity index (χ3v) is 4.39. The molecular formula is C18H26N2O4. The van der Waals surface area contributed by atoms with Crippen LogP contribution >= 0.6 is 0 Å². The quantitative estimate of drug-likeness (QED) is 0.837. The van der Waals surface area contributed by atoms with E-state index in [0.29, 0.717) is 25.6 Å². The first kappa shape index (κ1) is 16.9. The molecule has 6 heteroatoms. The van der Waals surface area contributed by atoms with Gasteiger partial charge in [0.25, 0.3) is 0 Å². The number of hydrogen-bond acceptors (Lipinski definition) is 4. The Morgan fingerprint density at radius 2 is 2.25 bits per heavy atom. The maximum absolute atomic E-state index is 12.0. The van der Waals surface area contributed by atoms with Gasteiger partial charge in [-0.2, -0.15) is 0 Å². The summed E-state index contributed by atoms with van der Waals surface area (Å²) in [7, 11) is 0. The molecule has 0 aliphatic carbocycles. The molecule has 1 aromatic carbocycles. The number of nitrogens with one attached hydrogen (secondary N) is 2. The molecule has 0 unspecified atom stereocenters. The average Bonchev–Trinajstić information content (AvgIpc) is 3.19. The van der Waals surface area contributed by atoms with Gasteiger partial charge >= 0.3 is 6.03 Å². The molecule has 2 atom stereocenters. The Morgan fingerprint density at radius 1 is 1.38 bits per heavy atom. The fourth-order valence-electron chi connectivity index (χ4n) is 3.13. The first-order valence-corrected chi connectivity index (χ1v) is 8.70. The van der Waals surface area contributed by atoms with Crippen molar-refractivity contribution in [2.45, 2.75) is 39.3 Å². The van der Waals surface area contributed by atoms with Gasteiger partial charge in [-0.3, -0.25) is 0 Å². The molecule has 2 amide bonds. The van der Waals surface area contributed by atoms with E-state index in [-0.39, 0.29) is 12.1 Å². The van der Waals surface area contributed by atoms with E-state index in [4.69, 9.17) is 14.2 Å². The molecule has 1 fully saturated rings. The number of carbonyl (C=O) groups is 1. The molecule has 0 aromatic heterocycles. The minimum Gasteiger partial charge on any atom is -0.494 e. The highest BCUT2D eigenvalue weighted by Crippen LogP contribution is 2.35. The largest absolute Gasteiger partial charge is 0.494 e. The Balaban J connectivity index is 1.57. The van der Waals surface area contributed by atoms with E-state index >= 15 is 0 Å². The van der Waals surface area contributed by atoms with Crippen molar-refractivity contribution < 1.29 is 19.0 Å². The Bertz CT molecular complexity index is 585. The summed E-state index contributed by atoms with van der Waals surface area (Å²) in [5, 5.41) is 5.80. The fourth-order valence-corrected chi connectivity index (χ4v) is 3.13. The number of amides is 2. The van der Waals surface area contributed by atoms with Crippen LogP contribution in [0.1, 0.15) is 31.4 Å². The van der Waals surface area contributed by atoms with Crippen LogP contribution in [-0.2, 0) is 17.7 Å². The first-order valence-electron chi connectivity index (χ1n) is 8.70. The van der Waals surface area contributed by atoms with Gasteiger partial charge in [-0.15, -0.1) is 0 Å². The standard InChI is InChI=1S/C18H26N2O4/c1-3-23-16-7-14-6-12(2)24-17(14)8-15(16)10-20-18(21)19-9-13-4-5-22-11-13/h7-8,12-13H,3-6,9-11H2,1-2H3,(H2,19,20,21)/t12-,13-/m1/s1. The first-order chi connectivity index (χ1) is 11.7. The van der Waals surface area contributed by atoms with Crippen LogP contribution in [0.15, 0.2) is 12.1 Å². The fraction of sp³-hybridized carbons (Fsp3) is 0.611. The van der Waals surface area contributed by atoms with Crippen molar-refractivity contribution in [3.05, 3.63) is 23.3 Å². The SMILES string of the molecule is CCOc1cc2c(cc1CNC(=O)NC[C@H]1CCOC1)O[C@H](C)C2. The lowest BCUT2D eigenvalue weighted by Gasteiger charge is -2.14. The van der Waals surface area contributed by atoms with E-state index < -0.39 is 0 Å². The van der Waals surface area contributed by atoms with Crippen LogP contribution in [0.5, 0.6) is 11.5 Å². The lowest BCUT2D eigenvalue weighted by atomic mass is 10.1. The molecule has 6 nitrogen and oxygen atoms in total. The maximum atomic E-state index is 12.0. The van der Waals surface area contributed by atoms with Gasteiger partial charge < -0.3 is 24.8 Å². The van der Waals surface area contributed by atoms with E-state index in [2.05, 4.69) is 17.6 Å². The summed E-state index contributed by atoms with van der Waals surface area (Å²) < 4.78 is 16.8. The van der Waals surface area contributed by atoms with Gasteiger partial charge in [-0.25, -0.2) is 4.79 Å². The normalized spacial score (nSPS) is 21.9. The van der Waals surface area contributed by atoms with E-state index in [0.717, 1.165) is 43.1 Å². The molecule has 3 rings (SSSR count). The van der Waals surface area contributed by atoms with E-state index in [9.17, 15) is 4.79 Å². The summed E-state index contributed by atoms with van der Waals surface area (Å²) in [5.41, 5.74) is 2.10. The zero-order valence-electron chi connectivity index (χ0n) is 14.4. The molecule has 2 N–H and O–H groups in total. The number of carbonyl (C=O) groups excluding carboxylic acids is 1. The van der Waals surface area contributed by atoms with Gasteiger partial charge in [0.15, 0.2) is 0 Å². The van der Waals surface area contributed by atoms with Crippen molar-refractivity contribution in [3.8, 4) is 11.5 Å². The van der Waals surface area contributed by atoms with Crippen molar-refractivity contribution in [1.82, 2.24) is 10.6 Å². The second-order valence-electron chi connectivity index (χ2n) is 6.43. The summed E-state index contributed by atoms with van der Waals surface area (Å²) in [5.74, 6) is 2.13. The maximum Gasteiger partial charge on any atom is 0.315 e. The third kappa shape index (κ3) is 4.12. The Kier molecular flexibility index (Phi) is 5.45. The molecule has 0 saturated carbocycles. The molecule has 0 bridgehead atoms. The zero-order valence-corrected chi connectivity index (χ0v) is 14.4. The molecule has 1 saturated heterocycles. The predicted molar refractivity (Wildman–Crippen MR) is 90.6 cm³/mol. The van der Waals surface area contributed by atoms with Gasteiger partial charge in [-0.1, -0.05) is 0 Å². The molecule has 24 heavy (non-hydrogen) atoms. The monoisotopic (exact) mass is 334 g/mol. The van der Waals surface area contributed by atoms with Crippen molar-refractivity contribution in [2.24, 2.45) is 5.92 Å². The molecule has 2 heterocycles. The summed E-state index contributed by atoms with van der Waals surface area (Å²) in [6.45, 7) is 7.19. The Hall–Kier alpha value is -1.95. The topological polar surface area (TPSA) is 68.8 Å². The lowest BCUT2D eigenvalue weighted by molar-refractivity contribution is 0.185. The second kappa shape index (κ2) is 7.75. The van der Waals surface area contributed by atoms with E-state index in [1.54, 1.807) is 0 Å². The predicted octanol–water partition coefficient (Wildman–Crippen LogP) is 2.24. The van der Waals surface area contributed by atoms with E-state index in [1.165, 1.54) is 5.56 Å². The highest BCUT2D eigenvalue weighted by atomic mass is 16.5.